The number of esters is 1. The van der Waals surface area contributed by atoms with E-state index in [1.807, 2.05) is 0 Å². The lowest BCUT2D eigenvalue weighted by Gasteiger charge is -2.34. The van der Waals surface area contributed by atoms with Crippen molar-refractivity contribution in [1.82, 2.24) is 4.90 Å². The standard InChI is InChI=1S/C19H23N3O6/c1-12-16(19(24)27-3)17(14-7-4-5-8-15(14)22(25)26)18(28-10-6-9-20)13(2)21(12)11-23/h4-5,7-8,11,17H,6,9-10,20H2,1-3H3. The Balaban J connectivity index is 2.76. The molecule has 0 saturated heterocycles. The van der Waals surface area contributed by atoms with Crippen molar-refractivity contribution in [3.05, 3.63) is 62.7 Å². The molecule has 0 spiro atoms. The van der Waals surface area contributed by atoms with E-state index < -0.39 is 16.8 Å². The first-order chi connectivity index (χ1) is 13.4. The number of nitrogens with two attached hydrogens (primary N) is 1. The van der Waals surface area contributed by atoms with Gasteiger partial charge in [0.15, 0.2) is 0 Å². The Morgan fingerprint density at radius 1 is 1.32 bits per heavy atom. The summed E-state index contributed by atoms with van der Waals surface area (Å²) in [7, 11) is 1.21. The number of carbonyl (C=O) groups is 2. The van der Waals surface area contributed by atoms with Crippen LogP contribution in [0.4, 0.5) is 5.69 Å². The molecule has 9 heteroatoms. The highest BCUT2D eigenvalue weighted by atomic mass is 16.6. The lowest BCUT2D eigenvalue weighted by atomic mass is 9.83. The van der Waals surface area contributed by atoms with Gasteiger partial charge >= 0.3 is 5.97 Å². The van der Waals surface area contributed by atoms with Gasteiger partial charge in [-0.15, -0.1) is 0 Å². The lowest BCUT2D eigenvalue weighted by Crippen LogP contribution is -2.33. The van der Waals surface area contributed by atoms with Crippen LogP contribution in [-0.2, 0) is 19.1 Å². The Kier molecular flexibility index (Phi) is 6.89. The molecular formula is C19H23N3O6. The van der Waals surface area contributed by atoms with Gasteiger partial charge in [-0.3, -0.25) is 19.8 Å². The quantitative estimate of drug-likeness (QED) is 0.237. The predicted octanol–water partition coefficient (Wildman–Crippen LogP) is 2.19. The molecular weight excluding hydrogens is 366 g/mol. The number of para-hydroxylation sites is 1. The zero-order chi connectivity index (χ0) is 20.8. The van der Waals surface area contributed by atoms with Crippen molar-refractivity contribution >= 4 is 18.1 Å². The van der Waals surface area contributed by atoms with Crippen LogP contribution in [-0.4, -0.2) is 42.5 Å². The fourth-order valence-corrected chi connectivity index (χ4v) is 3.23. The van der Waals surface area contributed by atoms with Gasteiger partial charge < -0.3 is 15.2 Å². The molecule has 1 aliphatic heterocycles. The second kappa shape index (κ2) is 9.14. The minimum Gasteiger partial charge on any atom is -0.495 e. The second-order valence-corrected chi connectivity index (χ2v) is 6.16. The van der Waals surface area contributed by atoms with E-state index in [2.05, 4.69) is 0 Å². The second-order valence-electron chi connectivity index (χ2n) is 6.16. The van der Waals surface area contributed by atoms with Crippen LogP contribution in [0.1, 0.15) is 31.7 Å². The Bertz CT molecular complexity index is 846. The van der Waals surface area contributed by atoms with Crippen molar-refractivity contribution < 1.29 is 24.0 Å². The van der Waals surface area contributed by atoms with Gasteiger partial charge in [0.25, 0.3) is 5.69 Å². The number of benzene rings is 1. The molecule has 1 aromatic rings. The molecule has 0 fully saturated rings. The van der Waals surface area contributed by atoms with Crippen molar-refractivity contribution in [2.24, 2.45) is 5.73 Å². The zero-order valence-corrected chi connectivity index (χ0v) is 16.0. The fourth-order valence-electron chi connectivity index (χ4n) is 3.23. The number of methoxy groups -OCH3 is 1. The van der Waals surface area contributed by atoms with Gasteiger partial charge in [-0.2, -0.15) is 0 Å². The Morgan fingerprint density at radius 2 is 2.00 bits per heavy atom. The highest BCUT2D eigenvalue weighted by Gasteiger charge is 2.40. The number of hydrogen-bond acceptors (Lipinski definition) is 7. The highest BCUT2D eigenvalue weighted by Crippen LogP contribution is 2.44. The molecule has 28 heavy (non-hydrogen) atoms. The number of ether oxygens (including phenoxy) is 2. The smallest absolute Gasteiger partial charge is 0.336 e. The maximum absolute atomic E-state index is 12.6. The minimum atomic E-state index is -0.886. The SMILES string of the molecule is COC(=O)C1=C(C)N(C=O)C(C)=C(OCCCN)C1c1ccccc1[N+](=O)[O-]. The monoisotopic (exact) mass is 389 g/mol. The molecule has 2 rings (SSSR count). The number of allylic oxidation sites excluding steroid dienone is 3. The summed E-state index contributed by atoms with van der Waals surface area (Å²) in [5.41, 5.74) is 6.53. The zero-order valence-electron chi connectivity index (χ0n) is 16.0. The van der Waals surface area contributed by atoms with Crippen molar-refractivity contribution in [2.45, 2.75) is 26.2 Å². The topological polar surface area (TPSA) is 125 Å². The summed E-state index contributed by atoms with van der Waals surface area (Å²) >= 11 is 0. The van der Waals surface area contributed by atoms with Gasteiger partial charge in [-0.25, -0.2) is 4.79 Å². The van der Waals surface area contributed by atoms with Crippen LogP contribution in [0.5, 0.6) is 0 Å². The maximum atomic E-state index is 12.6. The first-order valence-electron chi connectivity index (χ1n) is 8.69. The van der Waals surface area contributed by atoms with Gasteiger partial charge in [-0.05, 0) is 26.8 Å². The van der Waals surface area contributed by atoms with Crippen LogP contribution in [0.25, 0.3) is 0 Å². The van der Waals surface area contributed by atoms with E-state index in [0.29, 0.717) is 30.8 Å². The number of nitro groups is 1. The average Bonchev–Trinajstić information content (AvgIpc) is 2.69. The van der Waals surface area contributed by atoms with Gasteiger partial charge in [0.1, 0.15) is 5.76 Å². The molecule has 0 radical (unpaired) electrons. The van der Waals surface area contributed by atoms with Crippen LogP contribution in [0, 0.1) is 10.1 Å². The van der Waals surface area contributed by atoms with Gasteiger partial charge in [0.2, 0.25) is 6.41 Å². The third kappa shape index (κ3) is 3.89. The Labute approximate surface area is 162 Å². The van der Waals surface area contributed by atoms with Gasteiger partial charge in [0, 0.05) is 17.3 Å². The number of rotatable bonds is 8. The molecule has 1 unspecified atom stereocenters. The van der Waals surface area contributed by atoms with E-state index in [4.69, 9.17) is 15.2 Å². The number of carbonyl (C=O) groups excluding carboxylic acids is 2. The minimum absolute atomic E-state index is 0.109. The molecule has 0 aliphatic carbocycles. The van der Waals surface area contributed by atoms with E-state index >= 15 is 0 Å². The molecule has 0 saturated carbocycles. The molecule has 1 atom stereocenters. The third-order valence-electron chi connectivity index (χ3n) is 4.58. The van der Waals surface area contributed by atoms with Crippen LogP contribution in [0.15, 0.2) is 47.0 Å². The largest absolute Gasteiger partial charge is 0.495 e. The molecule has 150 valence electrons. The van der Waals surface area contributed by atoms with E-state index in [0.717, 1.165) is 0 Å². The molecule has 0 bridgehead atoms. The van der Waals surface area contributed by atoms with Gasteiger partial charge in [0.05, 0.1) is 35.8 Å². The summed E-state index contributed by atoms with van der Waals surface area (Å²) in [4.78, 5) is 36.6. The van der Waals surface area contributed by atoms with Crippen LogP contribution in [0.3, 0.4) is 0 Å². The van der Waals surface area contributed by atoms with Crippen molar-refractivity contribution in [3.8, 4) is 0 Å². The van der Waals surface area contributed by atoms with Crippen molar-refractivity contribution in [2.75, 3.05) is 20.3 Å². The number of hydrogen-bond donors (Lipinski definition) is 1. The predicted molar refractivity (Wildman–Crippen MR) is 101 cm³/mol. The van der Waals surface area contributed by atoms with E-state index in [9.17, 15) is 19.7 Å². The molecule has 1 aliphatic rings. The van der Waals surface area contributed by atoms with Crippen LogP contribution < -0.4 is 5.73 Å². The van der Waals surface area contributed by atoms with E-state index in [-0.39, 0.29) is 29.2 Å². The summed E-state index contributed by atoms with van der Waals surface area (Å²) in [5.74, 6) is -1.30. The molecule has 2 N–H and O–H groups in total. The number of nitro benzene ring substituents is 1. The number of nitrogens with zero attached hydrogens (tertiary/aromatic N) is 2. The number of amides is 1. The summed E-state index contributed by atoms with van der Waals surface area (Å²) in [5, 5.41) is 11.6. The third-order valence-corrected chi connectivity index (χ3v) is 4.58. The maximum Gasteiger partial charge on any atom is 0.336 e. The lowest BCUT2D eigenvalue weighted by molar-refractivity contribution is -0.385. The molecule has 0 aromatic heterocycles. The molecule has 1 amide bonds. The van der Waals surface area contributed by atoms with Gasteiger partial charge in [-0.1, -0.05) is 18.2 Å². The van der Waals surface area contributed by atoms with E-state index in [1.54, 1.807) is 32.0 Å². The van der Waals surface area contributed by atoms with Crippen LogP contribution in [0.2, 0.25) is 0 Å². The van der Waals surface area contributed by atoms with E-state index in [1.165, 1.54) is 18.1 Å². The average molecular weight is 389 g/mol. The Hall–Kier alpha value is -3.20. The fraction of sp³-hybridized carbons (Fsp3) is 0.368. The highest BCUT2D eigenvalue weighted by molar-refractivity contribution is 5.93. The first kappa shape index (κ1) is 21.1. The van der Waals surface area contributed by atoms with Crippen molar-refractivity contribution in [1.29, 1.82) is 0 Å². The summed E-state index contributed by atoms with van der Waals surface area (Å²) in [6.07, 6.45) is 1.10. The normalized spacial score (nSPS) is 16.9. The molecule has 9 nitrogen and oxygen atoms in total. The van der Waals surface area contributed by atoms with Crippen LogP contribution >= 0.6 is 0 Å². The molecule has 1 heterocycles. The summed E-state index contributed by atoms with van der Waals surface area (Å²) < 4.78 is 10.8. The first-order valence-corrected chi connectivity index (χ1v) is 8.69. The Morgan fingerprint density at radius 3 is 2.57 bits per heavy atom. The summed E-state index contributed by atoms with van der Waals surface area (Å²) in [6, 6.07) is 6.11. The molecule has 1 aromatic carbocycles. The summed E-state index contributed by atoms with van der Waals surface area (Å²) in [6.45, 7) is 3.87. The van der Waals surface area contributed by atoms with Crippen molar-refractivity contribution in [3.63, 3.8) is 0 Å².